The largest absolute Gasteiger partial charge is 0.494 e. The molecule has 2 N–H and O–H groups in total. The summed E-state index contributed by atoms with van der Waals surface area (Å²) in [5.74, 6) is 1.27. The normalized spacial score (nSPS) is 12.3. The average molecular weight is 258 g/mol. The molecule has 1 heterocycles. The van der Waals surface area contributed by atoms with Crippen LogP contribution in [0.3, 0.4) is 0 Å². The molecule has 0 radical (unpaired) electrons. The van der Waals surface area contributed by atoms with Gasteiger partial charge in [0, 0.05) is 0 Å². The van der Waals surface area contributed by atoms with Crippen LogP contribution in [0, 0.1) is 0 Å². The molecule has 0 saturated heterocycles. The first-order chi connectivity index (χ1) is 9.26. The van der Waals surface area contributed by atoms with Gasteiger partial charge in [-0.25, -0.2) is 5.06 Å². The number of benzene rings is 2. The number of nitrogens with one attached hydrogen (secondary N) is 1. The van der Waals surface area contributed by atoms with Crippen LogP contribution in [0.1, 0.15) is 0 Å². The van der Waals surface area contributed by atoms with E-state index in [9.17, 15) is 5.21 Å². The van der Waals surface area contributed by atoms with Crippen LogP contribution >= 0.6 is 0 Å². The van der Waals surface area contributed by atoms with Crippen molar-refractivity contribution in [1.82, 2.24) is 0 Å². The molecule has 0 fully saturated rings. The lowest BCUT2D eigenvalue weighted by molar-refractivity contribution is 0.294. The van der Waals surface area contributed by atoms with Crippen molar-refractivity contribution in [3.05, 3.63) is 36.4 Å². The van der Waals surface area contributed by atoms with Gasteiger partial charge in [0.2, 0.25) is 0 Å². The number of anilines is 4. The minimum atomic E-state index is 0.589. The van der Waals surface area contributed by atoms with E-state index in [2.05, 4.69) is 5.32 Å². The first kappa shape index (κ1) is 11.7. The Morgan fingerprint density at radius 2 is 1.68 bits per heavy atom. The smallest absolute Gasteiger partial charge is 0.147 e. The molecule has 1 aliphatic rings. The molecule has 5 heteroatoms. The van der Waals surface area contributed by atoms with Crippen LogP contribution < -0.4 is 19.9 Å². The fourth-order valence-corrected chi connectivity index (χ4v) is 2.25. The Morgan fingerprint density at radius 3 is 2.42 bits per heavy atom. The lowest BCUT2D eigenvalue weighted by Gasteiger charge is -2.30. The summed E-state index contributed by atoms with van der Waals surface area (Å²) >= 11 is 0. The maximum Gasteiger partial charge on any atom is 0.147 e. The molecule has 0 saturated carbocycles. The summed E-state index contributed by atoms with van der Waals surface area (Å²) in [5, 5.41) is 14.8. The van der Waals surface area contributed by atoms with E-state index in [4.69, 9.17) is 9.47 Å². The molecular weight excluding hydrogens is 244 g/mol. The van der Waals surface area contributed by atoms with Crippen LogP contribution in [-0.4, -0.2) is 19.4 Å². The zero-order valence-electron chi connectivity index (χ0n) is 10.7. The summed E-state index contributed by atoms with van der Waals surface area (Å²) in [6, 6.07) is 11.0. The van der Waals surface area contributed by atoms with Gasteiger partial charge in [-0.1, -0.05) is 12.1 Å². The van der Waals surface area contributed by atoms with Gasteiger partial charge >= 0.3 is 0 Å². The van der Waals surface area contributed by atoms with Crippen molar-refractivity contribution >= 4 is 22.7 Å². The van der Waals surface area contributed by atoms with Crippen molar-refractivity contribution in [2.45, 2.75) is 0 Å². The Hall–Kier alpha value is -2.40. The summed E-state index contributed by atoms with van der Waals surface area (Å²) in [6.45, 7) is 0. The summed E-state index contributed by atoms with van der Waals surface area (Å²) in [4.78, 5) is 0. The average Bonchev–Trinajstić information content (AvgIpc) is 2.46. The molecule has 19 heavy (non-hydrogen) atoms. The van der Waals surface area contributed by atoms with Crippen molar-refractivity contribution in [3.8, 4) is 11.5 Å². The summed E-state index contributed by atoms with van der Waals surface area (Å²) in [7, 11) is 3.17. The van der Waals surface area contributed by atoms with Gasteiger partial charge in [0.05, 0.1) is 25.6 Å². The molecule has 0 unspecified atom stereocenters. The molecule has 2 aromatic carbocycles. The second-order valence-electron chi connectivity index (χ2n) is 4.15. The first-order valence-corrected chi connectivity index (χ1v) is 5.86. The number of ether oxygens (including phenoxy) is 2. The van der Waals surface area contributed by atoms with Crippen LogP contribution in [0.2, 0.25) is 0 Å². The van der Waals surface area contributed by atoms with Gasteiger partial charge in [-0.15, -0.1) is 0 Å². The topological polar surface area (TPSA) is 54.0 Å². The lowest BCUT2D eigenvalue weighted by atomic mass is 10.1. The third-order valence-corrected chi connectivity index (χ3v) is 3.14. The van der Waals surface area contributed by atoms with E-state index >= 15 is 0 Å². The summed E-state index contributed by atoms with van der Waals surface area (Å²) in [6.07, 6.45) is 0. The lowest BCUT2D eigenvalue weighted by Crippen LogP contribution is -2.19. The second kappa shape index (κ2) is 4.37. The van der Waals surface area contributed by atoms with Gasteiger partial charge in [-0.3, -0.25) is 5.21 Å². The molecule has 0 bridgehead atoms. The molecule has 0 atom stereocenters. The maximum atomic E-state index is 10.4. The Labute approximate surface area is 110 Å². The number of methoxy groups -OCH3 is 2. The second-order valence-corrected chi connectivity index (χ2v) is 4.15. The third kappa shape index (κ3) is 1.67. The van der Waals surface area contributed by atoms with Crippen LogP contribution in [0.15, 0.2) is 36.4 Å². The standard InChI is InChI=1S/C14H14N2O3/c1-18-11-7-4-6-10-13(11)15-9-5-3-8-12(19-2)14(9)16(10)17/h3-8,15,17H,1-2H3. The Kier molecular flexibility index (Phi) is 2.68. The Balaban J connectivity index is 2.20. The van der Waals surface area contributed by atoms with Crippen molar-refractivity contribution in [1.29, 1.82) is 0 Å². The molecule has 0 aromatic heterocycles. The van der Waals surface area contributed by atoms with Gasteiger partial charge in [0.25, 0.3) is 0 Å². The minimum absolute atomic E-state index is 0.589. The van der Waals surface area contributed by atoms with E-state index in [0.29, 0.717) is 22.9 Å². The molecule has 3 rings (SSSR count). The highest BCUT2D eigenvalue weighted by atomic mass is 16.5. The maximum absolute atomic E-state index is 10.4. The molecule has 2 aromatic rings. The zero-order chi connectivity index (χ0) is 13.4. The Morgan fingerprint density at radius 1 is 1.00 bits per heavy atom. The van der Waals surface area contributed by atoms with Crippen molar-refractivity contribution in [2.24, 2.45) is 0 Å². The van der Waals surface area contributed by atoms with Crippen LogP contribution in [-0.2, 0) is 0 Å². The van der Waals surface area contributed by atoms with Crippen molar-refractivity contribution in [3.63, 3.8) is 0 Å². The van der Waals surface area contributed by atoms with Gasteiger partial charge in [0.1, 0.15) is 22.9 Å². The Bertz CT molecular complexity index is 628. The van der Waals surface area contributed by atoms with E-state index < -0.39 is 0 Å². The number of rotatable bonds is 2. The van der Waals surface area contributed by atoms with Crippen LogP contribution in [0.5, 0.6) is 11.5 Å². The molecule has 0 amide bonds. The third-order valence-electron chi connectivity index (χ3n) is 3.14. The van der Waals surface area contributed by atoms with E-state index in [-0.39, 0.29) is 0 Å². The number of hydrogen-bond donors (Lipinski definition) is 2. The van der Waals surface area contributed by atoms with Crippen LogP contribution in [0.25, 0.3) is 0 Å². The number of nitrogens with zero attached hydrogens (tertiary/aromatic N) is 1. The van der Waals surface area contributed by atoms with E-state index in [1.807, 2.05) is 24.3 Å². The predicted octanol–water partition coefficient (Wildman–Crippen LogP) is 3.29. The number of fused-ring (bicyclic) bond motifs is 2. The van der Waals surface area contributed by atoms with Crippen molar-refractivity contribution in [2.75, 3.05) is 24.6 Å². The predicted molar refractivity (Wildman–Crippen MR) is 73.2 cm³/mol. The first-order valence-electron chi connectivity index (χ1n) is 5.86. The fourth-order valence-electron chi connectivity index (χ4n) is 2.25. The van der Waals surface area contributed by atoms with Gasteiger partial charge in [-0.05, 0) is 24.3 Å². The van der Waals surface area contributed by atoms with Crippen molar-refractivity contribution < 1.29 is 14.7 Å². The highest BCUT2D eigenvalue weighted by Crippen LogP contribution is 2.49. The fraction of sp³-hybridized carbons (Fsp3) is 0.143. The van der Waals surface area contributed by atoms with Gasteiger partial charge in [0.15, 0.2) is 0 Å². The highest BCUT2D eigenvalue weighted by Gasteiger charge is 2.26. The number of hydrogen-bond acceptors (Lipinski definition) is 5. The molecular formula is C14H14N2O3. The monoisotopic (exact) mass is 258 g/mol. The van der Waals surface area contributed by atoms with E-state index in [1.165, 1.54) is 0 Å². The summed E-state index contributed by atoms with van der Waals surface area (Å²) < 4.78 is 10.6. The molecule has 1 aliphatic heterocycles. The zero-order valence-corrected chi connectivity index (χ0v) is 10.7. The van der Waals surface area contributed by atoms with Gasteiger partial charge < -0.3 is 14.8 Å². The SMILES string of the molecule is COc1cccc2c1Nc1cccc(OC)c1N2O. The van der Waals surface area contributed by atoms with E-state index in [0.717, 1.165) is 16.4 Å². The molecule has 0 aliphatic carbocycles. The quantitative estimate of drug-likeness (QED) is 0.865. The summed E-state index contributed by atoms with van der Waals surface area (Å²) in [5.41, 5.74) is 2.70. The van der Waals surface area contributed by atoms with E-state index in [1.54, 1.807) is 26.4 Å². The number of para-hydroxylation sites is 2. The molecule has 98 valence electrons. The van der Waals surface area contributed by atoms with Gasteiger partial charge in [-0.2, -0.15) is 0 Å². The molecule has 0 spiro atoms. The van der Waals surface area contributed by atoms with Crippen LogP contribution in [0.4, 0.5) is 22.7 Å². The highest BCUT2D eigenvalue weighted by molar-refractivity contribution is 5.95. The molecule has 5 nitrogen and oxygen atoms in total. The minimum Gasteiger partial charge on any atom is -0.494 e.